The minimum atomic E-state index is -0.545. The Morgan fingerprint density at radius 2 is 1.07 bits per heavy atom. The highest BCUT2D eigenvalue weighted by molar-refractivity contribution is 5.70. The predicted molar refractivity (Wildman–Crippen MR) is 117 cm³/mol. The average Bonchev–Trinajstić information content (AvgIpc) is 2.68. The highest BCUT2D eigenvalue weighted by atomic mass is 16.4. The number of carboxylic acids is 1. The van der Waals surface area contributed by atoms with Gasteiger partial charge >= 0.3 is 5.97 Å². The molecule has 1 aliphatic rings. The topological polar surface area (TPSA) is 37.3 Å². The highest BCUT2D eigenvalue weighted by Crippen LogP contribution is 2.33. The lowest BCUT2D eigenvalue weighted by molar-refractivity contribution is -0.145. The first-order valence-corrected chi connectivity index (χ1v) is 12.5. The summed E-state index contributed by atoms with van der Waals surface area (Å²) in [6.07, 6.45) is 28.0. The Kier molecular flexibility index (Phi) is 15.9. The second kappa shape index (κ2) is 17.6. The summed E-state index contributed by atoms with van der Waals surface area (Å²) < 4.78 is 0. The average molecular weight is 381 g/mol. The molecule has 2 heteroatoms. The molecule has 1 rings (SSSR count). The molecule has 0 spiro atoms. The third kappa shape index (κ3) is 13.3. The van der Waals surface area contributed by atoms with Gasteiger partial charge in [-0.25, -0.2) is 0 Å². The second-order valence-corrected chi connectivity index (χ2v) is 9.08. The normalized spacial score (nSPS) is 20.0. The molecule has 2 atom stereocenters. The SMILES string of the molecule is CCCCCCCCCCCCCCCCCCC1CCCCC1C(=O)O. The number of unbranched alkanes of at least 4 members (excludes halogenated alkanes) is 15. The van der Waals surface area contributed by atoms with Crippen LogP contribution in [0.3, 0.4) is 0 Å². The summed E-state index contributed by atoms with van der Waals surface area (Å²) in [6.45, 7) is 2.29. The van der Waals surface area contributed by atoms with Gasteiger partial charge in [-0.05, 0) is 25.2 Å². The van der Waals surface area contributed by atoms with E-state index in [4.69, 9.17) is 0 Å². The molecule has 27 heavy (non-hydrogen) atoms. The monoisotopic (exact) mass is 380 g/mol. The molecule has 160 valence electrons. The molecule has 1 aliphatic carbocycles. The Morgan fingerprint density at radius 1 is 0.667 bits per heavy atom. The standard InChI is InChI=1S/C25H48O2/c1-2-3-4-5-6-7-8-9-10-11-12-13-14-15-16-17-20-23-21-18-19-22-24(23)25(26)27/h23-24H,2-22H2,1H3,(H,26,27). The van der Waals surface area contributed by atoms with Crippen molar-refractivity contribution in [3.05, 3.63) is 0 Å². The minimum Gasteiger partial charge on any atom is -0.481 e. The van der Waals surface area contributed by atoms with Crippen LogP contribution in [0.15, 0.2) is 0 Å². The van der Waals surface area contributed by atoms with Gasteiger partial charge < -0.3 is 5.11 Å². The first kappa shape index (κ1) is 24.5. The Bertz CT molecular complexity index is 339. The molecule has 0 heterocycles. The van der Waals surface area contributed by atoms with E-state index in [1.165, 1.54) is 109 Å². The van der Waals surface area contributed by atoms with E-state index in [0.717, 1.165) is 25.7 Å². The molecule has 0 bridgehead atoms. The van der Waals surface area contributed by atoms with Gasteiger partial charge in [0.1, 0.15) is 0 Å². The number of carbonyl (C=O) groups is 1. The largest absolute Gasteiger partial charge is 0.481 e. The van der Waals surface area contributed by atoms with Crippen LogP contribution in [-0.4, -0.2) is 11.1 Å². The number of hydrogen-bond acceptors (Lipinski definition) is 1. The van der Waals surface area contributed by atoms with Crippen LogP contribution in [0, 0.1) is 11.8 Å². The van der Waals surface area contributed by atoms with Crippen molar-refractivity contribution in [3.8, 4) is 0 Å². The summed E-state index contributed by atoms with van der Waals surface area (Å²) in [6, 6.07) is 0. The van der Waals surface area contributed by atoms with Crippen LogP contribution in [0.1, 0.15) is 142 Å². The van der Waals surface area contributed by atoms with Crippen molar-refractivity contribution in [2.75, 3.05) is 0 Å². The van der Waals surface area contributed by atoms with Crippen molar-refractivity contribution >= 4 is 5.97 Å². The molecule has 0 aliphatic heterocycles. The Balaban J connectivity index is 1.79. The van der Waals surface area contributed by atoms with Crippen LogP contribution < -0.4 is 0 Å². The quantitative estimate of drug-likeness (QED) is 0.242. The third-order valence-electron chi connectivity index (χ3n) is 6.65. The van der Waals surface area contributed by atoms with Gasteiger partial charge in [0.25, 0.3) is 0 Å². The molecular formula is C25H48O2. The van der Waals surface area contributed by atoms with Crippen LogP contribution >= 0.6 is 0 Å². The van der Waals surface area contributed by atoms with Gasteiger partial charge in [0.2, 0.25) is 0 Å². The molecule has 0 aromatic rings. The molecule has 0 radical (unpaired) electrons. The molecule has 0 amide bonds. The van der Waals surface area contributed by atoms with Crippen LogP contribution in [0.5, 0.6) is 0 Å². The van der Waals surface area contributed by atoms with Gasteiger partial charge in [-0.1, -0.05) is 122 Å². The fraction of sp³-hybridized carbons (Fsp3) is 0.960. The fourth-order valence-corrected chi connectivity index (χ4v) is 4.83. The van der Waals surface area contributed by atoms with E-state index < -0.39 is 5.97 Å². The zero-order chi connectivity index (χ0) is 19.6. The summed E-state index contributed by atoms with van der Waals surface area (Å²) >= 11 is 0. The van der Waals surface area contributed by atoms with Crippen molar-refractivity contribution in [3.63, 3.8) is 0 Å². The first-order chi connectivity index (χ1) is 13.3. The Hall–Kier alpha value is -0.530. The van der Waals surface area contributed by atoms with E-state index in [0.29, 0.717) is 5.92 Å². The molecule has 2 nitrogen and oxygen atoms in total. The van der Waals surface area contributed by atoms with Crippen LogP contribution in [-0.2, 0) is 4.79 Å². The van der Waals surface area contributed by atoms with Gasteiger partial charge in [0.15, 0.2) is 0 Å². The minimum absolute atomic E-state index is 0.0462. The van der Waals surface area contributed by atoms with Gasteiger partial charge in [-0.3, -0.25) is 4.79 Å². The van der Waals surface area contributed by atoms with Crippen molar-refractivity contribution < 1.29 is 9.90 Å². The van der Waals surface area contributed by atoms with Crippen molar-refractivity contribution in [2.24, 2.45) is 11.8 Å². The summed E-state index contributed by atoms with van der Waals surface area (Å²) in [5, 5.41) is 9.34. The molecular weight excluding hydrogens is 332 g/mol. The number of hydrogen-bond donors (Lipinski definition) is 1. The van der Waals surface area contributed by atoms with E-state index in [-0.39, 0.29) is 5.92 Å². The van der Waals surface area contributed by atoms with Crippen LogP contribution in [0.2, 0.25) is 0 Å². The molecule has 1 N–H and O–H groups in total. The van der Waals surface area contributed by atoms with Gasteiger partial charge in [0, 0.05) is 0 Å². The summed E-state index contributed by atoms with van der Waals surface area (Å²) in [5.41, 5.74) is 0. The lowest BCUT2D eigenvalue weighted by atomic mass is 9.76. The smallest absolute Gasteiger partial charge is 0.306 e. The molecule has 0 aromatic carbocycles. The van der Waals surface area contributed by atoms with E-state index in [2.05, 4.69) is 6.92 Å². The maximum Gasteiger partial charge on any atom is 0.306 e. The van der Waals surface area contributed by atoms with Crippen LogP contribution in [0.4, 0.5) is 0 Å². The molecule has 2 unspecified atom stereocenters. The van der Waals surface area contributed by atoms with Crippen molar-refractivity contribution in [2.45, 2.75) is 142 Å². The highest BCUT2D eigenvalue weighted by Gasteiger charge is 2.29. The molecule has 1 saturated carbocycles. The predicted octanol–water partition coefficient (Wildman–Crippen LogP) is 8.53. The fourth-order valence-electron chi connectivity index (χ4n) is 4.83. The van der Waals surface area contributed by atoms with E-state index in [1.54, 1.807) is 0 Å². The zero-order valence-electron chi connectivity index (χ0n) is 18.4. The van der Waals surface area contributed by atoms with Gasteiger partial charge in [0.05, 0.1) is 5.92 Å². The lowest BCUT2D eigenvalue weighted by Gasteiger charge is -2.28. The van der Waals surface area contributed by atoms with Crippen molar-refractivity contribution in [1.82, 2.24) is 0 Å². The maximum absolute atomic E-state index is 11.3. The summed E-state index contributed by atoms with van der Waals surface area (Å²) in [5.74, 6) is -0.130. The van der Waals surface area contributed by atoms with E-state index in [1.807, 2.05) is 0 Å². The number of carboxylic acid groups (broad SMARTS) is 1. The maximum atomic E-state index is 11.3. The van der Waals surface area contributed by atoms with E-state index in [9.17, 15) is 9.90 Å². The molecule has 1 fully saturated rings. The van der Waals surface area contributed by atoms with Gasteiger partial charge in [-0.15, -0.1) is 0 Å². The Morgan fingerprint density at radius 3 is 1.52 bits per heavy atom. The van der Waals surface area contributed by atoms with Gasteiger partial charge in [-0.2, -0.15) is 0 Å². The summed E-state index contributed by atoms with van der Waals surface area (Å²) in [7, 11) is 0. The Labute approximate surface area is 169 Å². The second-order valence-electron chi connectivity index (χ2n) is 9.08. The van der Waals surface area contributed by atoms with E-state index >= 15 is 0 Å². The number of aliphatic carboxylic acids is 1. The lowest BCUT2D eigenvalue weighted by Crippen LogP contribution is -2.26. The molecule has 0 saturated heterocycles. The molecule has 0 aromatic heterocycles. The van der Waals surface area contributed by atoms with Crippen molar-refractivity contribution in [1.29, 1.82) is 0 Å². The third-order valence-corrected chi connectivity index (χ3v) is 6.65. The van der Waals surface area contributed by atoms with Crippen LogP contribution in [0.25, 0.3) is 0 Å². The number of rotatable bonds is 18. The summed E-state index contributed by atoms with van der Waals surface area (Å²) in [4.78, 5) is 11.3. The zero-order valence-corrected chi connectivity index (χ0v) is 18.4. The first-order valence-electron chi connectivity index (χ1n) is 12.5.